The van der Waals surface area contributed by atoms with Crippen LogP contribution in [0, 0.1) is 0 Å². The molecule has 3 amide bonds. The maximum Gasteiger partial charge on any atom is 0.315 e. The van der Waals surface area contributed by atoms with Crippen LogP contribution in [0.5, 0.6) is 5.75 Å². The Balaban J connectivity index is 2.02. The molecule has 0 radical (unpaired) electrons. The average molecular weight is 335 g/mol. The van der Waals surface area contributed by atoms with Gasteiger partial charge in [0.05, 0.1) is 24.4 Å². The van der Waals surface area contributed by atoms with Crippen LogP contribution >= 0.6 is 0 Å². The monoisotopic (exact) mass is 335 g/mol. The molecule has 0 fully saturated rings. The Bertz CT molecular complexity index is 605. The largest absolute Gasteiger partial charge is 0.478 e. The number of amides is 3. The number of fused-ring (bicyclic) bond motifs is 1. The van der Waals surface area contributed by atoms with Gasteiger partial charge in [-0.15, -0.1) is 0 Å². The van der Waals surface area contributed by atoms with Gasteiger partial charge in [0.15, 0.2) is 6.10 Å². The van der Waals surface area contributed by atoms with Crippen molar-refractivity contribution in [1.29, 1.82) is 0 Å². The van der Waals surface area contributed by atoms with Gasteiger partial charge in [0.2, 0.25) is 0 Å². The lowest BCUT2D eigenvalue weighted by Crippen LogP contribution is -2.43. The van der Waals surface area contributed by atoms with Gasteiger partial charge in [0, 0.05) is 7.11 Å². The van der Waals surface area contributed by atoms with Gasteiger partial charge in [0.25, 0.3) is 5.91 Å². The number of hydrogen-bond donors (Lipinski definition) is 3. The van der Waals surface area contributed by atoms with E-state index in [0.29, 0.717) is 24.5 Å². The molecule has 132 valence electrons. The molecule has 3 N–H and O–H groups in total. The summed E-state index contributed by atoms with van der Waals surface area (Å²) in [5, 5.41) is 8.51. The van der Waals surface area contributed by atoms with Crippen molar-refractivity contribution in [3.63, 3.8) is 0 Å². The topological polar surface area (TPSA) is 88.7 Å². The minimum Gasteiger partial charge on any atom is -0.478 e. The summed E-state index contributed by atoms with van der Waals surface area (Å²) in [5.41, 5.74) is 1.55. The van der Waals surface area contributed by atoms with Crippen molar-refractivity contribution >= 4 is 17.6 Å². The lowest BCUT2D eigenvalue weighted by atomic mass is 10.1. The Labute approximate surface area is 142 Å². The molecular formula is C17H25N3O4. The molecule has 24 heavy (non-hydrogen) atoms. The molecule has 1 aliphatic rings. The first-order chi connectivity index (χ1) is 11.4. The van der Waals surface area contributed by atoms with E-state index in [9.17, 15) is 9.59 Å². The summed E-state index contributed by atoms with van der Waals surface area (Å²) in [6.45, 7) is 6.11. The molecule has 2 rings (SSSR count). The summed E-state index contributed by atoms with van der Waals surface area (Å²) in [5.74, 6) is 0.496. The van der Waals surface area contributed by atoms with E-state index in [1.807, 2.05) is 32.9 Å². The van der Waals surface area contributed by atoms with Crippen LogP contribution in [0.15, 0.2) is 18.2 Å². The van der Waals surface area contributed by atoms with Crippen LogP contribution < -0.4 is 20.7 Å². The first-order valence-electron chi connectivity index (χ1n) is 8.12. The van der Waals surface area contributed by atoms with Crippen molar-refractivity contribution in [2.45, 2.75) is 45.4 Å². The highest BCUT2D eigenvalue weighted by Gasteiger charge is 2.26. The Morgan fingerprint density at radius 2 is 2.12 bits per heavy atom. The molecule has 0 aromatic heterocycles. The van der Waals surface area contributed by atoms with Gasteiger partial charge in [0.1, 0.15) is 5.75 Å². The molecule has 1 aromatic carbocycles. The summed E-state index contributed by atoms with van der Waals surface area (Å²) in [6.07, 6.45) is 0.123. The smallest absolute Gasteiger partial charge is 0.315 e. The summed E-state index contributed by atoms with van der Waals surface area (Å²) < 4.78 is 10.7. The fourth-order valence-corrected chi connectivity index (χ4v) is 2.53. The fraction of sp³-hybridized carbons (Fsp3) is 0.529. The standard InChI is InChI=1S/C17H25N3O4/c1-5-14-16(21)20-13-7-6-12(8-15(13)24-14)11(3)19-17(22)18-10(2)9-23-4/h6-8,10-11,14H,5,9H2,1-4H3,(H,20,21)(H2,18,19,22)/t10-,11+,14+/m1/s1. The van der Waals surface area contributed by atoms with Crippen molar-refractivity contribution in [2.24, 2.45) is 0 Å². The average Bonchev–Trinajstić information content (AvgIpc) is 2.53. The number of nitrogens with one attached hydrogen (secondary N) is 3. The van der Waals surface area contributed by atoms with E-state index in [1.54, 1.807) is 13.2 Å². The molecular weight excluding hydrogens is 310 g/mol. The number of benzene rings is 1. The molecule has 7 heteroatoms. The zero-order chi connectivity index (χ0) is 17.7. The molecule has 7 nitrogen and oxygen atoms in total. The minimum atomic E-state index is -0.478. The van der Waals surface area contributed by atoms with E-state index >= 15 is 0 Å². The second-order valence-electron chi connectivity index (χ2n) is 5.96. The zero-order valence-corrected chi connectivity index (χ0v) is 14.5. The molecule has 0 bridgehead atoms. The number of anilines is 1. The van der Waals surface area contributed by atoms with Crippen molar-refractivity contribution < 1.29 is 19.1 Å². The summed E-state index contributed by atoms with van der Waals surface area (Å²) in [6, 6.07) is 4.96. The Morgan fingerprint density at radius 3 is 2.79 bits per heavy atom. The van der Waals surface area contributed by atoms with Gasteiger partial charge in [-0.3, -0.25) is 4.79 Å². The van der Waals surface area contributed by atoms with Crippen molar-refractivity contribution in [3.8, 4) is 5.75 Å². The minimum absolute atomic E-state index is 0.0745. The maximum atomic E-state index is 12.0. The van der Waals surface area contributed by atoms with Gasteiger partial charge < -0.3 is 25.4 Å². The van der Waals surface area contributed by atoms with Crippen LogP contribution in [0.1, 0.15) is 38.8 Å². The normalized spacial score (nSPS) is 18.7. The second kappa shape index (κ2) is 8.01. The van der Waals surface area contributed by atoms with Gasteiger partial charge in [-0.05, 0) is 38.0 Å². The molecule has 0 spiro atoms. The van der Waals surface area contributed by atoms with Crippen LogP contribution in [-0.4, -0.2) is 37.8 Å². The van der Waals surface area contributed by atoms with Gasteiger partial charge in [-0.2, -0.15) is 0 Å². The van der Waals surface area contributed by atoms with Crippen LogP contribution in [0.25, 0.3) is 0 Å². The molecule has 0 unspecified atom stereocenters. The van der Waals surface area contributed by atoms with Crippen molar-refractivity contribution in [2.75, 3.05) is 19.0 Å². The molecule has 1 aliphatic heterocycles. The fourth-order valence-electron chi connectivity index (χ4n) is 2.53. The van der Waals surface area contributed by atoms with E-state index < -0.39 is 6.10 Å². The Morgan fingerprint density at radius 1 is 1.38 bits per heavy atom. The molecule has 3 atom stereocenters. The predicted molar refractivity (Wildman–Crippen MR) is 91.2 cm³/mol. The third-order valence-electron chi connectivity index (χ3n) is 3.84. The highest BCUT2D eigenvalue weighted by atomic mass is 16.5. The third-order valence-corrected chi connectivity index (χ3v) is 3.84. The lowest BCUT2D eigenvalue weighted by molar-refractivity contribution is -0.123. The third kappa shape index (κ3) is 4.38. The first-order valence-corrected chi connectivity index (χ1v) is 8.12. The number of urea groups is 1. The van der Waals surface area contributed by atoms with Crippen molar-refractivity contribution in [3.05, 3.63) is 23.8 Å². The van der Waals surface area contributed by atoms with Crippen molar-refractivity contribution in [1.82, 2.24) is 10.6 Å². The SMILES string of the molecule is CC[C@@H]1Oc2cc([C@H](C)NC(=O)N[C@H](C)COC)ccc2NC1=O. The lowest BCUT2D eigenvalue weighted by Gasteiger charge is -2.26. The molecule has 1 aromatic rings. The molecule has 0 aliphatic carbocycles. The Hall–Kier alpha value is -2.28. The highest BCUT2D eigenvalue weighted by molar-refractivity contribution is 5.97. The first kappa shape index (κ1) is 18.1. The summed E-state index contributed by atoms with van der Waals surface area (Å²) in [4.78, 5) is 23.8. The molecule has 0 saturated carbocycles. The zero-order valence-electron chi connectivity index (χ0n) is 14.5. The van der Waals surface area contributed by atoms with E-state index in [-0.39, 0.29) is 24.0 Å². The number of carbonyl (C=O) groups excluding carboxylic acids is 2. The van der Waals surface area contributed by atoms with Crippen LogP contribution in [0.3, 0.4) is 0 Å². The van der Waals surface area contributed by atoms with Crippen LogP contribution in [-0.2, 0) is 9.53 Å². The van der Waals surface area contributed by atoms with Gasteiger partial charge in [-0.1, -0.05) is 13.0 Å². The molecule has 0 saturated heterocycles. The van der Waals surface area contributed by atoms with E-state index in [2.05, 4.69) is 16.0 Å². The highest BCUT2D eigenvalue weighted by Crippen LogP contribution is 2.32. The number of carbonyl (C=O) groups is 2. The number of methoxy groups -OCH3 is 1. The Kier molecular flexibility index (Phi) is 6.03. The van der Waals surface area contributed by atoms with E-state index in [4.69, 9.17) is 9.47 Å². The van der Waals surface area contributed by atoms with Crippen LogP contribution in [0.2, 0.25) is 0 Å². The summed E-state index contributed by atoms with van der Waals surface area (Å²) >= 11 is 0. The number of rotatable bonds is 6. The predicted octanol–water partition coefficient (Wildman–Crippen LogP) is 2.19. The number of hydrogen-bond acceptors (Lipinski definition) is 4. The van der Waals surface area contributed by atoms with Gasteiger partial charge in [-0.25, -0.2) is 4.79 Å². The molecule has 1 heterocycles. The quantitative estimate of drug-likeness (QED) is 0.743. The van der Waals surface area contributed by atoms with E-state index in [0.717, 1.165) is 5.56 Å². The summed E-state index contributed by atoms with van der Waals surface area (Å²) in [7, 11) is 1.59. The maximum absolute atomic E-state index is 12.0. The number of ether oxygens (including phenoxy) is 2. The second-order valence-corrected chi connectivity index (χ2v) is 5.96. The van der Waals surface area contributed by atoms with Crippen LogP contribution in [0.4, 0.5) is 10.5 Å². The van der Waals surface area contributed by atoms with Gasteiger partial charge >= 0.3 is 6.03 Å². The van der Waals surface area contributed by atoms with E-state index in [1.165, 1.54) is 0 Å².